The van der Waals surface area contributed by atoms with Crippen LogP contribution in [0, 0.1) is 0 Å². The lowest BCUT2D eigenvalue weighted by atomic mass is 10.0. The highest BCUT2D eigenvalue weighted by Crippen LogP contribution is 2.39. The van der Waals surface area contributed by atoms with Crippen molar-refractivity contribution in [3.8, 4) is 28.6 Å². The van der Waals surface area contributed by atoms with E-state index < -0.39 is 11.7 Å². The van der Waals surface area contributed by atoms with Crippen LogP contribution in [0.15, 0.2) is 40.9 Å². The number of hydrogen-bond acceptors (Lipinski definition) is 5. The van der Waals surface area contributed by atoms with E-state index in [1.807, 2.05) is 0 Å². The molecule has 0 saturated carbocycles. The zero-order valence-corrected chi connectivity index (χ0v) is 14.8. The van der Waals surface area contributed by atoms with Gasteiger partial charge in [0.05, 0.1) is 12.2 Å². The van der Waals surface area contributed by atoms with Gasteiger partial charge in [-0.2, -0.15) is 18.2 Å². The minimum absolute atomic E-state index is 0.0366. The van der Waals surface area contributed by atoms with Crippen LogP contribution >= 0.6 is 0 Å². The van der Waals surface area contributed by atoms with Crippen LogP contribution < -0.4 is 4.74 Å². The molecule has 0 N–H and O–H groups in total. The molecular formula is C20H15F3N2O3. The van der Waals surface area contributed by atoms with Crippen molar-refractivity contribution in [1.29, 1.82) is 0 Å². The lowest BCUT2D eigenvalue weighted by Crippen LogP contribution is -2.08. The molecule has 3 aromatic rings. The predicted octanol–water partition coefficient (Wildman–Crippen LogP) is 4.95. The fourth-order valence-electron chi connectivity index (χ4n) is 3.32. The molecule has 0 amide bonds. The Kier molecular flexibility index (Phi) is 4.41. The van der Waals surface area contributed by atoms with Crippen molar-refractivity contribution in [2.45, 2.75) is 25.9 Å². The van der Waals surface area contributed by atoms with Gasteiger partial charge in [0.1, 0.15) is 5.75 Å². The third kappa shape index (κ3) is 3.15. The first-order chi connectivity index (χ1) is 13.4. The van der Waals surface area contributed by atoms with Gasteiger partial charge in [0.25, 0.3) is 5.89 Å². The molecule has 1 aliphatic rings. The number of fused-ring (bicyclic) bond motifs is 1. The number of carbonyl (C=O) groups excluding carboxylic acids is 1. The molecule has 4 rings (SSSR count). The van der Waals surface area contributed by atoms with E-state index in [0.717, 1.165) is 11.6 Å². The normalized spacial score (nSPS) is 13.6. The van der Waals surface area contributed by atoms with Crippen LogP contribution in [-0.2, 0) is 12.6 Å². The average Bonchev–Trinajstić information content (AvgIpc) is 3.29. The van der Waals surface area contributed by atoms with Gasteiger partial charge >= 0.3 is 6.18 Å². The van der Waals surface area contributed by atoms with Crippen LogP contribution in [0.2, 0.25) is 0 Å². The summed E-state index contributed by atoms with van der Waals surface area (Å²) in [6.45, 7) is 1.73. The van der Waals surface area contributed by atoms with Crippen molar-refractivity contribution in [3.05, 3.63) is 53.1 Å². The summed E-state index contributed by atoms with van der Waals surface area (Å²) < 4.78 is 50.3. The molecule has 0 unspecified atom stereocenters. The van der Waals surface area contributed by atoms with Crippen LogP contribution in [0.1, 0.15) is 34.8 Å². The van der Waals surface area contributed by atoms with Gasteiger partial charge in [0.15, 0.2) is 5.78 Å². The number of hydrogen-bond donors (Lipinski definition) is 0. The van der Waals surface area contributed by atoms with E-state index in [9.17, 15) is 18.0 Å². The topological polar surface area (TPSA) is 65.2 Å². The summed E-state index contributed by atoms with van der Waals surface area (Å²) in [7, 11) is 0. The molecule has 0 radical (unpaired) electrons. The molecule has 28 heavy (non-hydrogen) atoms. The molecule has 144 valence electrons. The van der Waals surface area contributed by atoms with E-state index in [4.69, 9.17) is 9.26 Å². The van der Waals surface area contributed by atoms with Crippen molar-refractivity contribution >= 4 is 5.78 Å². The number of ketones is 1. The lowest BCUT2D eigenvalue weighted by Gasteiger charge is -2.13. The molecular weight excluding hydrogens is 373 g/mol. The number of aromatic nitrogens is 2. The molecule has 0 saturated heterocycles. The van der Waals surface area contributed by atoms with Crippen molar-refractivity contribution in [2.75, 3.05) is 6.61 Å². The summed E-state index contributed by atoms with van der Waals surface area (Å²) >= 11 is 0. The number of benzene rings is 2. The van der Waals surface area contributed by atoms with Crippen molar-refractivity contribution in [2.24, 2.45) is 0 Å². The Hall–Kier alpha value is -3.16. The van der Waals surface area contributed by atoms with Crippen molar-refractivity contribution in [3.63, 3.8) is 0 Å². The Labute approximate surface area is 158 Å². The highest BCUT2D eigenvalue weighted by Gasteiger charge is 2.35. The molecule has 1 aliphatic carbocycles. The molecule has 1 heterocycles. The van der Waals surface area contributed by atoms with Crippen molar-refractivity contribution in [1.82, 2.24) is 10.1 Å². The number of carbonyl (C=O) groups is 1. The standard InChI is InChI=1S/C20H15F3N2O3/c1-2-27-17-9-6-11(10-15(17)20(21,22)23)19-24-18(25-28-19)14-5-3-4-13-12(14)7-8-16(13)26/h3-6,9-10H,2,7-8H2,1H3. The quantitative estimate of drug-likeness (QED) is 0.633. The number of nitrogens with zero attached hydrogens (tertiary/aromatic N) is 2. The summed E-state index contributed by atoms with van der Waals surface area (Å²) in [6, 6.07) is 8.86. The number of halogens is 3. The highest BCUT2D eigenvalue weighted by atomic mass is 19.4. The second-order valence-electron chi connectivity index (χ2n) is 6.32. The van der Waals surface area contributed by atoms with E-state index in [0.29, 0.717) is 24.0 Å². The van der Waals surface area contributed by atoms with Crippen LogP contribution in [0.5, 0.6) is 5.75 Å². The Balaban J connectivity index is 1.74. The summed E-state index contributed by atoms with van der Waals surface area (Å²) in [4.78, 5) is 16.2. The largest absolute Gasteiger partial charge is 0.493 e. The zero-order valence-electron chi connectivity index (χ0n) is 14.8. The molecule has 0 bridgehead atoms. The first-order valence-corrected chi connectivity index (χ1v) is 8.72. The first kappa shape index (κ1) is 18.2. The second kappa shape index (κ2) is 6.78. The zero-order chi connectivity index (χ0) is 19.9. The third-order valence-corrected chi connectivity index (χ3v) is 4.58. The smallest absolute Gasteiger partial charge is 0.419 e. The van der Waals surface area contributed by atoms with Crippen molar-refractivity contribution < 1.29 is 27.2 Å². The molecule has 0 aliphatic heterocycles. The molecule has 1 aromatic heterocycles. The third-order valence-electron chi connectivity index (χ3n) is 4.58. The fourth-order valence-corrected chi connectivity index (χ4v) is 3.32. The number of Topliss-reactive ketones (excluding diaryl/α,β-unsaturated/α-hetero) is 1. The molecule has 8 heteroatoms. The molecule has 0 atom stereocenters. The fraction of sp³-hybridized carbons (Fsp3) is 0.250. The summed E-state index contributed by atoms with van der Waals surface area (Å²) in [5.74, 6) is 0.00856. The van der Waals surface area contributed by atoms with E-state index in [-0.39, 0.29) is 35.4 Å². The minimum Gasteiger partial charge on any atom is -0.493 e. The summed E-state index contributed by atoms with van der Waals surface area (Å²) in [6.07, 6.45) is -3.58. The molecule has 2 aromatic carbocycles. The van der Waals surface area contributed by atoms with Gasteiger partial charge in [0.2, 0.25) is 5.82 Å². The number of ether oxygens (including phenoxy) is 1. The van der Waals surface area contributed by atoms with Crippen LogP contribution in [0.25, 0.3) is 22.8 Å². The maximum absolute atomic E-state index is 13.3. The van der Waals surface area contributed by atoms with E-state index in [1.54, 1.807) is 25.1 Å². The first-order valence-electron chi connectivity index (χ1n) is 8.72. The molecule has 0 spiro atoms. The number of alkyl halides is 3. The predicted molar refractivity (Wildman–Crippen MR) is 94.0 cm³/mol. The minimum atomic E-state index is -4.58. The number of rotatable bonds is 4. The summed E-state index contributed by atoms with van der Waals surface area (Å²) in [5.41, 5.74) is 1.35. The van der Waals surface area contributed by atoms with Gasteiger partial charge in [-0.15, -0.1) is 0 Å². The van der Waals surface area contributed by atoms with Gasteiger partial charge in [-0.1, -0.05) is 23.4 Å². The van der Waals surface area contributed by atoms with E-state index >= 15 is 0 Å². The second-order valence-corrected chi connectivity index (χ2v) is 6.32. The molecule has 0 fully saturated rings. The Morgan fingerprint density at radius 2 is 1.93 bits per heavy atom. The van der Waals surface area contributed by atoms with Gasteiger partial charge in [-0.25, -0.2) is 0 Å². The molecule has 5 nitrogen and oxygen atoms in total. The SMILES string of the molecule is CCOc1ccc(-c2nc(-c3cccc4c3CCC4=O)no2)cc1C(F)(F)F. The van der Waals surface area contributed by atoms with Gasteiger partial charge in [-0.3, -0.25) is 4.79 Å². The Bertz CT molecular complexity index is 1060. The van der Waals surface area contributed by atoms with Gasteiger partial charge in [-0.05, 0) is 37.1 Å². The van der Waals surface area contributed by atoms with Crippen LogP contribution in [-0.4, -0.2) is 22.5 Å². The lowest BCUT2D eigenvalue weighted by molar-refractivity contribution is -0.138. The van der Waals surface area contributed by atoms with Crippen LogP contribution in [0.3, 0.4) is 0 Å². The van der Waals surface area contributed by atoms with Gasteiger partial charge in [0, 0.05) is 23.1 Å². The van der Waals surface area contributed by atoms with E-state index in [2.05, 4.69) is 10.1 Å². The maximum Gasteiger partial charge on any atom is 0.419 e. The Morgan fingerprint density at radius 3 is 2.68 bits per heavy atom. The monoisotopic (exact) mass is 388 g/mol. The Morgan fingerprint density at radius 1 is 1.14 bits per heavy atom. The maximum atomic E-state index is 13.3. The van der Waals surface area contributed by atoms with Crippen LogP contribution in [0.4, 0.5) is 13.2 Å². The van der Waals surface area contributed by atoms with E-state index in [1.165, 1.54) is 12.1 Å². The van der Waals surface area contributed by atoms with Gasteiger partial charge < -0.3 is 9.26 Å². The summed E-state index contributed by atoms with van der Waals surface area (Å²) in [5, 5.41) is 3.91. The average molecular weight is 388 g/mol. The highest BCUT2D eigenvalue weighted by molar-refractivity contribution is 6.02.